The van der Waals surface area contributed by atoms with E-state index in [0.717, 1.165) is 30.8 Å². The van der Waals surface area contributed by atoms with Gasteiger partial charge in [0.05, 0.1) is 18.3 Å². The summed E-state index contributed by atoms with van der Waals surface area (Å²) in [6.07, 6.45) is 5.49. The van der Waals surface area contributed by atoms with E-state index in [1.165, 1.54) is 0 Å². The fourth-order valence-corrected chi connectivity index (χ4v) is 2.73. The molecule has 0 spiro atoms. The number of rotatable bonds is 4. The third-order valence-corrected chi connectivity index (χ3v) is 3.64. The topological polar surface area (TPSA) is 85.0 Å². The first-order valence-electron chi connectivity index (χ1n) is 7.01. The largest absolute Gasteiger partial charge is 0.369 e. The predicted molar refractivity (Wildman–Crippen MR) is 78.0 cm³/mol. The van der Waals surface area contributed by atoms with Gasteiger partial charge in [0.15, 0.2) is 5.82 Å². The van der Waals surface area contributed by atoms with Gasteiger partial charge in [-0.25, -0.2) is 9.97 Å². The van der Waals surface area contributed by atoms with Gasteiger partial charge in [0.25, 0.3) is 0 Å². The second-order valence-corrected chi connectivity index (χ2v) is 5.11. The summed E-state index contributed by atoms with van der Waals surface area (Å²) in [7, 11) is 0. The number of pyridine rings is 1. The molecule has 1 amide bonds. The maximum absolute atomic E-state index is 11.2. The standard InChI is InChI=1S/C15H17N5O/c16-14(21)10-20-9-3-5-13(20)11-6-8-18-15(19-11)12-4-1-2-7-17-12/h1-2,4,6-8,13H,3,5,9-10H2,(H2,16,21). The van der Waals surface area contributed by atoms with Crippen molar-refractivity contribution in [2.24, 2.45) is 5.73 Å². The Kier molecular flexibility index (Phi) is 3.87. The molecule has 108 valence electrons. The first kappa shape index (κ1) is 13.6. The molecule has 2 N–H and O–H groups in total. The van der Waals surface area contributed by atoms with E-state index in [0.29, 0.717) is 5.82 Å². The zero-order valence-electron chi connectivity index (χ0n) is 11.6. The molecule has 1 saturated heterocycles. The maximum Gasteiger partial charge on any atom is 0.231 e. The Bertz CT molecular complexity index is 631. The molecule has 0 radical (unpaired) electrons. The predicted octanol–water partition coefficient (Wildman–Crippen LogP) is 1.16. The zero-order valence-corrected chi connectivity index (χ0v) is 11.6. The Morgan fingerprint density at radius 1 is 1.29 bits per heavy atom. The number of nitrogens with two attached hydrogens (primary N) is 1. The van der Waals surface area contributed by atoms with Gasteiger partial charge in [-0.05, 0) is 37.6 Å². The summed E-state index contributed by atoms with van der Waals surface area (Å²) >= 11 is 0. The van der Waals surface area contributed by atoms with Gasteiger partial charge in [-0.15, -0.1) is 0 Å². The second-order valence-electron chi connectivity index (χ2n) is 5.11. The highest BCUT2D eigenvalue weighted by atomic mass is 16.1. The van der Waals surface area contributed by atoms with Crippen molar-refractivity contribution in [3.05, 3.63) is 42.4 Å². The summed E-state index contributed by atoms with van der Waals surface area (Å²) in [6.45, 7) is 1.14. The average Bonchev–Trinajstić information content (AvgIpc) is 2.96. The van der Waals surface area contributed by atoms with Crippen LogP contribution in [0.5, 0.6) is 0 Å². The molecule has 3 rings (SSSR count). The van der Waals surface area contributed by atoms with E-state index < -0.39 is 0 Å². The summed E-state index contributed by atoms with van der Waals surface area (Å²) in [6, 6.07) is 7.68. The quantitative estimate of drug-likeness (QED) is 0.910. The van der Waals surface area contributed by atoms with Crippen LogP contribution >= 0.6 is 0 Å². The van der Waals surface area contributed by atoms with Gasteiger partial charge in [0.1, 0.15) is 5.69 Å². The molecule has 1 atom stereocenters. The van der Waals surface area contributed by atoms with E-state index in [1.54, 1.807) is 12.4 Å². The van der Waals surface area contributed by atoms with Crippen LogP contribution in [0.4, 0.5) is 0 Å². The van der Waals surface area contributed by atoms with Crippen molar-refractivity contribution >= 4 is 5.91 Å². The molecular formula is C15H17N5O. The van der Waals surface area contributed by atoms with Crippen molar-refractivity contribution in [1.29, 1.82) is 0 Å². The van der Waals surface area contributed by atoms with Gasteiger partial charge in [-0.2, -0.15) is 0 Å². The number of hydrogen-bond acceptors (Lipinski definition) is 5. The van der Waals surface area contributed by atoms with E-state index >= 15 is 0 Å². The molecule has 6 heteroatoms. The van der Waals surface area contributed by atoms with Crippen molar-refractivity contribution in [1.82, 2.24) is 19.9 Å². The van der Waals surface area contributed by atoms with E-state index in [-0.39, 0.29) is 18.5 Å². The highest BCUT2D eigenvalue weighted by molar-refractivity contribution is 5.76. The highest BCUT2D eigenvalue weighted by Crippen LogP contribution is 2.30. The molecule has 1 fully saturated rings. The monoisotopic (exact) mass is 283 g/mol. The van der Waals surface area contributed by atoms with Gasteiger partial charge in [0, 0.05) is 12.4 Å². The highest BCUT2D eigenvalue weighted by Gasteiger charge is 2.28. The van der Waals surface area contributed by atoms with Crippen molar-refractivity contribution < 1.29 is 4.79 Å². The SMILES string of the molecule is NC(=O)CN1CCCC1c1ccnc(-c2ccccn2)n1. The number of likely N-dealkylation sites (tertiary alicyclic amines) is 1. The Labute approximate surface area is 123 Å². The minimum absolute atomic E-state index is 0.128. The van der Waals surface area contributed by atoms with Crippen molar-refractivity contribution in [2.75, 3.05) is 13.1 Å². The Balaban J connectivity index is 1.87. The fourth-order valence-electron chi connectivity index (χ4n) is 2.73. The lowest BCUT2D eigenvalue weighted by Crippen LogP contribution is -2.33. The summed E-state index contributed by atoms with van der Waals surface area (Å²) in [5.41, 5.74) is 6.98. The number of carbonyl (C=O) groups excluding carboxylic acids is 1. The van der Waals surface area contributed by atoms with E-state index in [1.807, 2.05) is 24.3 Å². The summed E-state index contributed by atoms with van der Waals surface area (Å²) in [5, 5.41) is 0. The van der Waals surface area contributed by atoms with Gasteiger partial charge in [0.2, 0.25) is 5.91 Å². The van der Waals surface area contributed by atoms with Gasteiger partial charge in [-0.3, -0.25) is 14.7 Å². The number of aromatic nitrogens is 3. The van der Waals surface area contributed by atoms with Gasteiger partial charge >= 0.3 is 0 Å². The Hall–Kier alpha value is -2.34. The van der Waals surface area contributed by atoms with Crippen LogP contribution in [-0.2, 0) is 4.79 Å². The molecule has 0 saturated carbocycles. The van der Waals surface area contributed by atoms with Crippen molar-refractivity contribution in [3.8, 4) is 11.5 Å². The van der Waals surface area contributed by atoms with Crippen LogP contribution in [-0.4, -0.2) is 38.8 Å². The Morgan fingerprint density at radius 3 is 2.95 bits per heavy atom. The van der Waals surface area contributed by atoms with E-state index in [2.05, 4.69) is 19.9 Å². The first-order valence-corrected chi connectivity index (χ1v) is 7.01. The fraction of sp³-hybridized carbons (Fsp3) is 0.333. The molecule has 1 unspecified atom stereocenters. The zero-order chi connectivity index (χ0) is 14.7. The van der Waals surface area contributed by atoms with Crippen LogP contribution in [0, 0.1) is 0 Å². The van der Waals surface area contributed by atoms with Crippen molar-refractivity contribution in [3.63, 3.8) is 0 Å². The number of primary amides is 1. The second kappa shape index (κ2) is 5.97. The number of hydrogen-bond donors (Lipinski definition) is 1. The molecule has 2 aromatic heterocycles. The minimum Gasteiger partial charge on any atom is -0.369 e. The maximum atomic E-state index is 11.2. The number of carbonyl (C=O) groups is 1. The normalized spacial score (nSPS) is 18.8. The molecule has 0 aromatic carbocycles. The molecule has 1 aliphatic heterocycles. The Morgan fingerprint density at radius 2 is 2.19 bits per heavy atom. The molecular weight excluding hydrogens is 266 g/mol. The summed E-state index contributed by atoms with van der Waals surface area (Å²) in [5.74, 6) is 0.305. The third kappa shape index (κ3) is 3.05. The third-order valence-electron chi connectivity index (χ3n) is 3.64. The molecule has 21 heavy (non-hydrogen) atoms. The number of amides is 1. The molecule has 2 aromatic rings. The molecule has 0 bridgehead atoms. The van der Waals surface area contributed by atoms with Gasteiger partial charge in [-0.1, -0.05) is 6.07 Å². The smallest absolute Gasteiger partial charge is 0.231 e. The molecule has 0 aliphatic carbocycles. The minimum atomic E-state index is -0.305. The molecule has 1 aliphatic rings. The van der Waals surface area contributed by atoms with Crippen LogP contribution in [0.3, 0.4) is 0 Å². The summed E-state index contributed by atoms with van der Waals surface area (Å²) in [4.78, 5) is 26.4. The van der Waals surface area contributed by atoms with Crippen LogP contribution < -0.4 is 5.73 Å². The van der Waals surface area contributed by atoms with Crippen molar-refractivity contribution in [2.45, 2.75) is 18.9 Å². The average molecular weight is 283 g/mol. The molecule has 6 nitrogen and oxygen atoms in total. The van der Waals surface area contributed by atoms with Crippen LogP contribution in [0.1, 0.15) is 24.6 Å². The van der Waals surface area contributed by atoms with E-state index in [9.17, 15) is 4.79 Å². The van der Waals surface area contributed by atoms with E-state index in [4.69, 9.17) is 5.73 Å². The molecule has 3 heterocycles. The van der Waals surface area contributed by atoms with Gasteiger partial charge < -0.3 is 5.73 Å². The van der Waals surface area contributed by atoms with Crippen LogP contribution in [0.2, 0.25) is 0 Å². The lowest BCUT2D eigenvalue weighted by molar-refractivity contribution is -0.119. The van der Waals surface area contributed by atoms with Crippen LogP contribution in [0.15, 0.2) is 36.7 Å². The first-order chi connectivity index (χ1) is 10.2. The van der Waals surface area contributed by atoms with Crippen LogP contribution in [0.25, 0.3) is 11.5 Å². The lowest BCUT2D eigenvalue weighted by Gasteiger charge is -2.22. The summed E-state index contributed by atoms with van der Waals surface area (Å²) < 4.78 is 0. The lowest BCUT2D eigenvalue weighted by atomic mass is 10.1. The number of nitrogens with zero attached hydrogens (tertiary/aromatic N) is 4.